The predicted octanol–water partition coefficient (Wildman–Crippen LogP) is 2.37. The van der Waals surface area contributed by atoms with Crippen LogP contribution in [-0.2, 0) is 14.3 Å². The number of hydrogen-bond acceptors (Lipinski definition) is 3. The van der Waals surface area contributed by atoms with Crippen molar-refractivity contribution in [3.63, 3.8) is 0 Å². The molecule has 4 nitrogen and oxygen atoms in total. The van der Waals surface area contributed by atoms with E-state index in [0.717, 1.165) is 19.3 Å². The molecule has 4 heteroatoms. The number of carbonyl (C=O) groups excluding carboxylic acids is 2. The molecule has 0 aliphatic heterocycles. The number of carbonyl (C=O) groups is 2. The second-order valence-corrected chi connectivity index (χ2v) is 4.58. The van der Waals surface area contributed by atoms with Crippen molar-refractivity contribution >= 4 is 11.9 Å². The number of ether oxygens (including phenoxy) is 1. The molecule has 100 valence electrons. The molecule has 0 heterocycles. The number of unbranched alkanes of at least 4 members (excludes halogenated alkanes) is 2. The van der Waals surface area contributed by atoms with E-state index in [9.17, 15) is 9.59 Å². The summed E-state index contributed by atoms with van der Waals surface area (Å²) in [6.45, 7) is 4.05. The van der Waals surface area contributed by atoms with E-state index in [2.05, 4.69) is 6.92 Å². The molecule has 0 aliphatic rings. The Morgan fingerprint density at radius 2 is 1.82 bits per heavy atom. The smallest absolute Gasteiger partial charge is 0.306 e. The molecule has 0 aromatic rings. The molecule has 0 radical (unpaired) electrons. The summed E-state index contributed by atoms with van der Waals surface area (Å²) in [4.78, 5) is 24.2. The zero-order valence-corrected chi connectivity index (χ0v) is 11.5. The van der Waals surface area contributed by atoms with Crippen LogP contribution in [-0.4, -0.2) is 37.0 Å². The molecule has 1 amide bonds. The Bertz CT molecular complexity index is 239. The van der Waals surface area contributed by atoms with Gasteiger partial charge >= 0.3 is 5.97 Å². The lowest BCUT2D eigenvalue weighted by Gasteiger charge is -2.13. The maximum Gasteiger partial charge on any atom is 0.306 e. The fourth-order valence-electron chi connectivity index (χ4n) is 1.46. The average Bonchev–Trinajstić information content (AvgIpc) is 2.26. The molecular weight excluding hydrogens is 218 g/mol. The van der Waals surface area contributed by atoms with Crippen LogP contribution in [0.15, 0.2) is 0 Å². The fourth-order valence-corrected chi connectivity index (χ4v) is 1.46. The fraction of sp³-hybridized carbons (Fsp3) is 0.846. The van der Waals surface area contributed by atoms with Crippen LogP contribution in [0.1, 0.15) is 52.4 Å². The van der Waals surface area contributed by atoms with Gasteiger partial charge in [0.25, 0.3) is 0 Å². The van der Waals surface area contributed by atoms with Crippen molar-refractivity contribution in [3.8, 4) is 0 Å². The van der Waals surface area contributed by atoms with Crippen molar-refractivity contribution in [2.45, 2.75) is 58.5 Å². The second kappa shape index (κ2) is 9.02. The molecule has 0 saturated heterocycles. The van der Waals surface area contributed by atoms with Gasteiger partial charge in [0, 0.05) is 20.5 Å². The predicted molar refractivity (Wildman–Crippen MR) is 67.6 cm³/mol. The van der Waals surface area contributed by atoms with Gasteiger partial charge in [0.2, 0.25) is 5.91 Å². The number of esters is 1. The summed E-state index contributed by atoms with van der Waals surface area (Å²) in [7, 11) is 3.36. The van der Waals surface area contributed by atoms with Crippen LogP contribution in [0.2, 0.25) is 0 Å². The van der Waals surface area contributed by atoms with E-state index in [-0.39, 0.29) is 30.8 Å². The normalized spacial score (nSPS) is 12.0. The van der Waals surface area contributed by atoms with Gasteiger partial charge in [-0.15, -0.1) is 0 Å². The van der Waals surface area contributed by atoms with E-state index in [1.165, 1.54) is 11.3 Å². The largest absolute Gasteiger partial charge is 0.463 e. The Labute approximate surface area is 104 Å². The summed E-state index contributed by atoms with van der Waals surface area (Å²) in [5.74, 6) is -0.315. The highest BCUT2D eigenvalue weighted by molar-refractivity contribution is 5.81. The monoisotopic (exact) mass is 243 g/mol. The van der Waals surface area contributed by atoms with Crippen molar-refractivity contribution in [1.82, 2.24) is 4.90 Å². The molecule has 0 N–H and O–H groups in total. The van der Waals surface area contributed by atoms with Gasteiger partial charge in [-0.25, -0.2) is 0 Å². The molecule has 0 fully saturated rings. The Kier molecular flexibility index (Phi) is 8.46. The quantitative estimate of drug-likeness (QED) is 0.485. The summed E-state index contributed by atoms with van der Waals surface area (Å²) < 4.78 is 5.22. The molecule has 17 heavy (non-hydrogen) atoms. The van der Waals surface area contributed by atoms with Gasteiger partial charge in [-0.1, -0.05) is 19.8 Å². The average molecular weight is 243 g/mol. The van der Waals surface area contributed by atoms with Crippen molar-refractivity contribution in [2.24, 2.45) is 0 Å². The number of amides is 1. The van der Waals surface area contributed by atoms with Crippen molar-refractivity contribution in [2.75, 3.05) is 14.1 Å². The lowest BCUT2D eigenvalue weighted by atomic mass is 10.1. The van der Waals surface area contributed by atoms with E-state index in [4.69, 9.17) is 4.74 Å². The van der Waals surface area contributed by atoms with Crippen LogP contribution in [0.3, 0.4) is 0 Å². The van der Waals surface area contributed by atoms with Gasteiger partial charge in [0.05, 0.1) is 12.5 Å². The van der Waals surface area contributed by atoms with E-state index in [1.54, 1.807) is 14.1 Å². The first-order valence-electron chi connectivity index (χ1n) is 6.37. The Morgan fingerprint density at radius 1 is 1.18 bits per heavy atom. The topological polar surface area (TPSA) is 46.6 Å². The lowest BCUT2D eigenvalue weighted by molar-refractivity contribution is -0.150. The summed E-state index contributed by atoms with van der Waals surface area (Å²) in [5.41, 5.74) is 0. The minimum absolute atomic E-state index is 0.0384. The molecule has 0 spiro atoms. The number of rotatable bonds is 8. The van der Waals surface area contributed by atoms with E-state index >= 15 is 0 Å². The first-order chi connectivity index (χ1) is 7.97. The van der Waals surface area contributed by atoms with Crippen molar-refractivity contribution < 1.29 is 14.3 Å². The Balaban J connectivity index is 3.67. The Hall–Kier alpha value is -1.06. The second-order valence-electron chi connectivity index (χ2n) is 4.58. The molecule has 0 saturated carbocycles. The summed E-state index contributed by atoms with van der Waals surface area (Å²) in [6.07, 6.45) is 4.69. The first-order valence-corrected chi connectivity index (χ1v) is 6.37. The zero-order valence-electron chi connectivity index (χ0n) is 11.5. The van der Waals surface area contributed by atoms with Crippen LogP contribution in [0.5, 0.6) is 0 Å². The minimum Gasteiger partial charge on any atom is -0.463 e. The van der Waals surface area contributed by atoms with Crippen molar-refractivity contribution in [3.05, 3.63) is 0 Å². The van der Waals surface area contributed by atoms with Crippen LogP contribution in [0.25, 0.3) is 0 Å². The summed E-state index contributed by atoms with van der Waals surface area (Å²) in [6, 6.07) is 0. The van der Waals surface area contributed by atoms with Gasteiger partial charge in [-0.2, -0.15) is 0 Å². The standard InChI is InChI=1S/C13H25NO3/c1-5-6-7-8-11(2)17-13(16)10-9-12(15)14(3)4/h11H,5-10H2,1-4H3. The third-order valence-corrected chi connectivity index (χ3v) is 2.59. The zero-order chi connectivity index (χ0) is 13.3. The number of nitrogens with zero attached hydrogens (tertiary/aromatic N) is 1. The summed E-state index contributed by atoms with van der Waals surface area (Å²) in [5, 5.41) is 0. The van der Waals surface area contributed by atoms with E-state index in [1.807, 2.05) is 6.92 Å². The van der Waals surface area contributed by atoms with E-state index < -0.39 is 0 Å². The molecule has 0 aliphatic carbocycles. The number of hydrogen-bond donors (Lipinski definition) is 0. The van der Waals surface area contributed by atoms with Gasteiger partial charge < -0.3 is 9.64 Å². The van der Waals surface area contributed by atoms with Gasteiger partial charge in [-0.05, 0) is 19.8 Å². The van der Waals surface area contributed by atoms with Crippen LogP contribution >= 0.6 is 0 Å². The third kappa shape index (κ3) is 8.72. The van der Waals surface area contributed by atoms with Crippen LogP contribution in [0, 0.1) is 0 Å². The molecule has 0 bridgehead atoms. The molecular formula is C13H25NO3. The molecule has 1 atom stereocenters. The molecule has 0 rings (SSSR count). The molecule has 1 unspecified atom stereocenters. The van der Waals surface area contributed by atoms with Crippen LogP contribution < -0.4 is 0 Å². The SMILES string of the molecule is CCCCCC(C)OC(=O)CCC(=O)N(C)C. The highest BCUT2D eigenvalue weighted by atomic mass is 16.5. The van der Waals surface area contributed by atoms with Crippen molar-refractivity contribution in [1.29, 1.82) is 0 Å². The first kappa shape index (κ1) is 15.9. The maximum atomic E-state index is 11.4. The minimum atomic E-state index is -0.274. The van der Waals surface area contributed by atoms with Crippen LogP contribution in [0.4, 0.5) is 0 Å². The lowest BCUT2D eigenvalue weighted by Crippen LogP contribution is -2.23. The maximum absolute atomic E-state index is 11.4. The Morgan fingerprint density at radius 3 is 2.35 bits per heavy atom. The molecule has 0 aromatic carbocycles. The summed E-state index contributed by atoms with van der Waals surface area (Å²) >= 11 is 0. The highest BCUT2D eigenvalue weighted by Gasteiger charge is 2.12. The molecule has 0 aromatic heterocycles. The van der Waals surface area contributed by atoms with Gasteiger partial charge in [-0.3, -0.25) is 9.59 Å². The third-order valence-electron chi connectivity index (χ3n) is 2.59. The van der Waals surface area contributed by atoms with Gasteiger partial charge in [0.1, 0.15) is 0 Å². The van der Waals surface area contributed by atoms with Gasteiger partial charge in [0.15, 0.2) is 0 Å². The highest BCUT2D eigenvalue weighted by Crippen LogP contribution is 2.08. The van der Waals surface area contributed by atoms with E-state index in [0.29, 0.717) is 0 Å².